The number of hydrogen-bond acceptors (Lipinski definition) is 3. The lowest BCUT2D eigenvalue weighted by atomic mass is 9.99. The van der Waals surface area contributed by atoms with Crippen molar-refractivity contribution in [2.75, 3.05) is 53.0 Å². The molecule has 2 atom stereocenters. The largest absolute Gasteiger partial charge is 0.383 e. The molecule has 6 heteroatoms. The third kappa shape index (κ3) is 6.32. The third-order valence-corrected chi connectivity index (χ3v) is 5.63. The predicted octanol–water partition coefficient (Wildman–Crippen LogP) is 3.17. The number of methoxy groups -OCH3 is 1. The van der Waals surface area contributed by atoms with E-state index in [-0.39, 0.29) is 24.0 Å². The summed E-state index contributed by atoms with van der Waals surface area (Å²) in [4.78, 5) is 9.99. The first-order valence-corrected chi connectivity index (χ1v) is 10.1. The highest BCUT2D eigenvalue weighted by Crippen LogP contribution is 2.27. The summed E-state index contributed by atoms with van der Waals surface area (Å²) < 4.78 is 5.25. The Kier molecular flexibility index (Phi) is 9.86. The molecule has 1 aromatic rings. The van der Waals surface area contributed by atoms with Crippen molar-refractivity contribution in [2.45, 2.75) is 38.1 Å². The summed E-state index contributed by atoms with van der Waals surface area (Å²) in [5.41, 5.74) is 1.45. The molecule has 0 saturated carbocycles. The molecule has 1 aromatic carbocycles. The summed E-state index contributed by atoms with van der Waals surface area (Å²) in [6, 6.07) is 11.5. The van der Waals surface area contributed by atoms with Crippen LogP contribution in [0.5, 0.6) is 0 Å². The van der Waals surface area contributed by atoms with E-state index in [4.69, 9.17) is 9.73 Å². The molecule has 0 bridgehead atoms. The SMILES string of the molecule is CCNC(=NCC1CCCN1CCOC)N1CCC(c2ccccc2)C1.I. The van der Waals surface area contributed by atoms with E-state index >= 15 is 0 Å². The summed E-state index contributed by atoms with van der Waals surface area (Å²) in [5.74, 6) is 1.70. The average Bonchev–Trinajstić information content (AvgIpc) is 3.34. The highest BCUT2D eigenvalue weighted by atomic mass is 127. The first-order valence-electron chi connectivity index (χ1n) is 10.1. The van der Waals surface area contributed by atoms with Gasteiger partial charge >= 0.3 is 0 Å². The van der Waals surface area contributed by atoms with Gasteiger partial charge in [0.15, 0.2) is 5.96 Å². The van der Waals surface area contributed by atoms with Crippen molar-refractivity contribution in [3.05, 3.63) is 35.9 Å². The predicted molar refractivity (Wildman–Crippen MR) is 123 cm³/mol. The number of guanidine groups is 1. The summed E-state index contributed by atoms with van der Waals surface area (Å²) in [6.45, 7) is 9.12. The van der Waals surface area contributed by atoms with E-state index in [1.165, 1.54) is 31.4 Å². The van der Waals surface area contributed by atoms with Gasteiger partial charge in [-0.2, -0.15) is 0 Å². The zero-order valence-corrected chi connectivity index (χ0v) is 19.1. The molecule has 2 heterocycles. The summed E-state index contributed by atoms with van der Waals surface area (Å²) >= 11 is 0. The Balaban J connectivity index is 0.00000261. The van der Waals surface area contributed by atoms with Crippen LogP contribution >= 0.6 is 24.0 Å². The molecule has 2 fully saturated rings. The van der Waals surface area contributed by atoms with Gasteiger partial charge in [-0.15, -0.1) is 24.0 Å². The van der Waals surface area contributed by atoms with E-state index in [0.717, 1.165) is 45.3 Å². The quantitative estimate of drug-likeness (QED) is 0.365. The van der Waals surface area contributed by atoms with Crippen LogP contribution in [0.1, 0.15) is 37.7 Å². The lowest BCUT2D eigenvalue weighted by Gasteiger charge is -2.25. The monoisotopic (exact) mass is 486 g/mol. The van der Waals surface area contributed by atoms with E-state index in [0.29, 0.717) is 12.0 Å². The maximum atomic E-state index is 5.25. The van der Waals surface area contributed by atoms with Crippen LogP contribution in [0.25, 0.3) is 0 Å². The standard InChI is InChI=1S/C21H34N4O.HI/c1-3-22-21(23-16-20-10-7-12-24(20)14-15-26-2)25-13-11-19(17-25)18-8-5-4-6-9-18;/h4-6,8-9,19-20H,3,7,10-17H2,1-2H3,(H,22,23);1H. The average molecular weight is 486 g/mol. The van der Waals surface area contributed by atoms with Gasteiger partial charge in [-0.1, -0.05) is 30.3 Å². The second-order valence-electron chi connectivity index (χ2n) is 7.36. The van der Waals surface area contributed by atoms with Gasteiger partial charge in [0.05, 0.1) is 13.2 Å². The maximum absolute atomic E-state index is 5.25. The molecule has 0 aliphatic carbocycles. The van der Waals surface area contributed by atoms with Gasteiger partial charge in [0.25, 0.3) is 0 Å². The van der Waals surface area contributed by atoms with Crippen LogP contribution in [0, 0.1) is 0 Å². The number of rotatable bonds is 7. The second-order valence-corrected chi connectivity index (χ2v) is 7.36. The van der Waals surface area contributed by atoms with Crippen LogP contribution in [-0.4, -0.2) is 74.8 Å². The van der Waals surface area contributed by atoms with E-state index < -0.39 is 0 Å². The molecular weight excluding hydrogens is 451 g/mol. The van der Waals surface area contributed by atoms with Crippen LogP contribution in [0.2, 0.25) is 0 Å². The smallest absolute Gasteiger partial charge is 0.193 e. The van der Waals surface area contributed by atoms with Gasteiger partial charge in [-0.25, -0.2) is 0 Å². The molecule has 2 saturated heterocycles. The van der Waals surface area contributed by atoms with Crippen molar-refractivity contribution in [3.63, 3.8) is 0 Å². The Morgan fingerprint density at radius 3 is 2.78 bits per heavy atom. The zero-order valence-electron chi connectivity index (χ0n) is 16.8. The van der Waals surface area contributed by atoms with Gasteiger partial charge < -0.3 is 15.0 Å². The number of hydrogen-bond donors (Lipinski definition) is 1. The molecule has 3 rings (SSSR count). The minimum Gasteiger partial charge on any atom is -0.383 e. The number of nitrogens with one attached hydrogen (secondary N) is 1. The van der Waals surface area contributed by atoms with Crippen LogP contribution in [0.15, 0.2) is 35.3 Å². The van der Waals surface area contributed by atoms with Crippen LogP contribution in [0.4, 0.5) is 0 Å². The van der Waals surface area contributed by atoms with Crippen molar-refractivity contribution in [2.24, 2.45) is 4.99 Å². The number of nitrogens with zero attached hydrogens (tertiary/aromatic N) is 3. The van der Waals surface area contributed by atoms with Gasteiger partial charge in [-0.3, -0.25) is 9.89 Å². The lowest BCUT2D eigenvalue weighted by Crippen LogP contribution is -2.41. The summed E-state index contributed by atoms with van der Waals surface area (Å²) in [7, 11) is 1.78. The topological polar surface area (TPSA) is 40.1 Å². The van der Waals surface area contributed by atoms with Gasteiger partial charge in [0.1, 0.15) is 0 Å². The van der Waals surface area contributed by atoms with E-state index in [1.807, 2.05) is 0 Å². The zero-order chi connectivity index (χ0) is 18.2. The molecule has 0 spiro atoms. The van der Waals surface area contributed by atoms with Gasteiger partial charge in [0, 0.05) is 45.2 Å². The van der Waals surface area contributed by atoms with Gasteiger partial charge in [0.2, 0.25) is 0 Å². The molecule has 1 N–H and O–H groups in total. The second kappa shape index (κ2) is 11.9. The van der Waals surface area contributed by atoms with Crippen molar-refractivity contribution >= 4 is 29.9 Å². The molecular formula is C21H35IN4O. The fraction of sp³-hybridized carbons (Fsp3) is 0.667. The summed E-state index contributed by atoms with van der Waals surface area (Å²) in [5, 5.41) is 3.51. The highest BCUT2D eigenvalue weighted by Gasteiger charge is 2.27. The number of aliphatic imine (C=N–C) groups is 1. The third-order valence-electron chi connectivity index (χ3n) is 5.63. The van der Waals surface area contributed by atoms with E-state index in [9.17, 15) is 0 Å². The maximum Gasteiger partial charge on any atom is 0.193 e. The number of halogens is 1. The van der Waals surface area contributed by atoms with E-state index in [1.54, 1.807) is 7.11 Å². The number of ether oxygens (including phenoxy) is 1. The number of likely N-dealkylation sites (tertiary alicyclic amines) is 2. The fourth-order valence-electron chi connectivity index (χ4n) is 4.17. The minimum absolute atomic E-state index is 0. The Bertz CT molecular complexity index is 569. The van der Waals surface area contributed by atoms with Crippen molar-refractivity contribution < 1.29 is 4.74 Å². The molecule has 27 heavy (non-hydrogen) atoms. The van der Waals surface area contributed by atoms with Crippen LogP contribution in [0.3, 0.4) is 0 Å². The highest BCUT2D eigenvalue weighted by molar-refractivity contribution is 14.0. The van der Waals surface area contributed by atoms with Crippen molar-refractivity contribution in [1.29, 1.82) is 0 Å². The molecule has 2 aliphatic rings. The number of benzene rings is 1. The molecule has 2 unspecified atom stereocenters. The van der Waals surface area contributed by atoms with Crippen molar-refractivity contribution in [1.82, 2.24) is 15.1 Å². The minimum atomic E-state index is 0. The molecule has 0 amide bonds. The molecule has 5 nitrogen and oxygen atoms in total. The normalized spacial score (nSPS) is 23.5. The molecule has 0 aromatic heterocycles. The molecule has 2 aliphatic heterocycles. The van der Waals surface area contributed by atoms with Gasteiger partial charge in [-0.05, 0) is 38.3 Å². The molecule has 152 valence electrons. The summed E-state index contributed by atoms with van der Waals surface area (Å²) in [6.07, 6.45) is 3.73. The van der Waals surface area contributed by atoms with Crippen LogP contribution in [-0.2, 0) is 4.74 Å². The first kappa shape index (κ1) is 22.4. The fourth-order valence-corrected chi connectivity index (χ4v) is 4.17. The lowest BCUT2D eigenvalue weighted by molar-refractivity contribution is 0.142. The van der Waals surface area contributed by atoms with Crippen molar-refractivity contribution in [3.8, 4) is 0 Å². The van der Waals surface area contributed by atoms with E-state index in [2.05, 4.69) is 52.4 Å². The Morgan fingerprint density at radius 2 is 2.04 bits per heavy atom. The van der Waals surface area contributed by atoms with Crippen LogP contribution < -0.4 is 5.32 Å². The Morgan fingerprint density at radius 1 is 1.22 bits per heavy atom. The Labute approximate surface area is 181 Å². The molecule has 0 radical (unpaired) electrons. The first-order chi connectivity index (χ1) is 12.8. The Hall–Kier alpha value is -0.860.